The van der Waals surface area contributed by atoms with Crippen molar-refractivity contribution in [2.75, 3.05) is 13.1 Å². The highest BCUT2D eigenvalue weighted by molar-refractivity contribution is 5.96. The second kappa shape index (κ2) is 10.2. The molecule has 1 aliphatic carbocycles. The number of hydrogen-bond donors (Lipinski definition) is 5. The lowest BCUT2D eigenvalue weighted by molar-refractivity contribution is -0.139. The maximum atomic E-state index is 14.7. The van der Waals surface area contributed by atoms with Gasteiger partial charge in [-0.25, -0.2) is 4.39 Å². The van der Waals surface area contributed by atoms with Crippen molar-refractivity contribution in [3.05, 3.63) is 71.2 Å². The number of ketones is 1. The molecule has 1 aliphatic heterocycles. The summed E-state index contributed by atoms with van der Waals surface area (Å²) in [5.41, 5.74) is 7.32. The number of carbonyl (C=O) groups is 3. The summed E-state index contributed by atoms with van der Waals surface area (Å²) >= 11 is 0. The molecule has 39 heavy (non-hydrogen) atoms. The van der Waals surface area contributed by atoms with Gasteiger partial charge in [-0.1, -0.05) is 24.3 Å². The Morgan fingerprint density at radius 3 is 2.59 bits per heavy atom. The Labute approximate surface area is 226 Å². The van der Waals surface area contributed by atoms with E-state index in [1.807, 2.05) is 30.5 Å². The normalized spacial score (nSPS) is 21.0. The molecule has 6 N–H and O–H groups in total. The van der Waals surface area contributed by atoms with Crippen LogP contribution >= 0.6 is 0 Å². The Morgan fingerprint density at radius 2 is 1.90 bits per heavy atom. The largest absolute Gasteiger partial charge is 0.481 e. The number of amides is 1. The standard InChI is InChI=1S/C30H35FN4O4/c1-29(2,32)28(39)35-24(13-17-16-34-23-6-4-3-5-19(17)23)27(38)26-21(15-25(36)37)20-8-7-18(31)14-22(20)30(26)9-11-33-12-10-30/h3-8,14,16,21,24,26,33-34H,9-13,15,32H2,1-2H3,(H,35,39)(H,36,37)/t21?,24-,26?/m1/s1. The lowest BCUT2D eigenvalue weighted by Gasteiger charge is -2.42. The maximum Gasteiger partial charge on any atom is 0.303 e. The molecule has 2 heterocycles. The van der Waals surface area contributed by atoms with E-state index in [9.17, 15) is 23.9 Å². The molecule has 1 aromatic heterocycles. The molecule has 0 saturated carbocycles. The fourth-order valence-corrected chi connectivity index (χ4v) is 6.66. The van der Waals surface area contributed by atoms with Crippen molar-refractivity contribution in [1.82, 2.24) is 15.6 Å². The Hall–Kier alpha value is -3.56. The molecule has 206 valence electrons. The molecule has 2 aromatic carbocycles. The molecule has 0 bridgehead atoms. The molecule has 8 nitrogen and oxygen atoms in total. The third-order valence-corrected chi connectivity index (χ3v) is 8.48. The Balaban J connectivity index is 1.61. The minimum atomic E-state index is -1.23. The number of aromatic amines is 1. The minimum Gasteiger partial charge on any atom is -0.481 e. The number of aliphatic carboxylic acids is 1. The van der Waals surface area contributed by atoms with E-state index in [0.717, 1.165) is 16.5 Å². The lowest BCUT2D eigenvalue weighted by Crippen LogP contribution is -2.57. The van der Waals surface area contributed by atoms with Crippen LogP contribution < -0.4 is 16.4 Å². The van der Waals surface area contributed by atoms with Crippen molar-refractivity contribution in [3.8, 4) is 0 Å². The van der Waals surface area contributed by atoms with Crippen LogP contribution in [0.4, 0.5) is 4.39 Å². The zero-order valence-corrected chi connectivity index (χ0v) is 22.2. The first-order valence-corrected chi connectivity index (χ1v) is 13.4. The molecule has 1 saturated heterocycles. The van der Waals surface area contributed by atoms with Gasteiger partial charge in [-0.2, -0.15) is 0 Å². The highest BCUT2D eigenvalue weighted by atomic mass is 19.1. The number of hydrogen-bond acceptors (Lipinski definition) is 5. The molecule has 3 aromatic rings. The number of carbonyl (C=O) groups excluding carboxylic acids is 2. The van der Waals surface area contributed by atoms with Crippen LogP contribution in [0, 0.1) is 11.7 Å². The second-order valence-electron chi connectivity index (χ2n) is 11.5. The summed E-state index contributed by atoms with van der Waals surface area (Å²) < 4.78 is 14.6. The van der Waals surface area contributed by atoms with Crippen molar-refractivity contribution in [2.24, 2.45) is 11.7 Å². The fourth-order valence-electron chi connectivity index (χ4n) is 6.66. The highest BCUT2D eigenvalue weighted by Gasteiger charge is 2.56. The van der Waals surface area contributed by atoms with Crippen molar-refractivity contribution < 1.29 is 23.9 Å². The maximum absolute atomic E-state index is 14.7. The monoisotopic (exact) mass is 534 g/mol. The van der Waals surface area contributed by atoms with E-state index >= 15 is 0 Å². The number of para-hydroxylation sites is 1. The van der Waals surface area contributed by atoms with Gasteiger partial charge < -0.3 is 26.5 Å². The van der Waals surface area contributed by atoms with Crippen molar-refractivity contribution >= 4 is 28.6 Å². The van der Waals surface area contributed by atoms with Gasteiger partial charge in [0.1, 0.15) is 5.82 Å². The molecular weight excluding hydrogens is 499 g/mol. The van der Waals surface area contributed by atoms with Gasteiger partial charge in [0.15, 0.2) is 5.78 Å². The summed E-state index contributed by atoms with van der Waals surface area (Å²) in [7, 11) is 0. The van der Waals surface area contributed by atoms with Crippen LogP contribution in [0.1, 0.15) is 55.7 Å². The zero-order chi connectivity index (χ0) is 27.9. The van der Waals surface area contributed by atoms with Crippen LogP contribution in [-0.2, 0) is 26.2 Å². The predicted octanol–water partition coefficient (Wildman–Crippen LogP) is 3.15. The Bertz CT molecular complexity index is 1420. The van der Waals surface area contributed by atoms with Gasteiger partial charge in [0.25, 0.3) is 0 Å². The number of piperidine rings is 1. The van der Waals surface area contributed by atoms with E-state index in [0.29, 0.717) is 37.1 Å². The van der Waals surface area contributed by atoms with E-state index in [2.05, 4.69) is 15.6 Å². The van der Waals surface area contributed by atoms with Gasteiger partial charge in [-0.05, 0) is 74.7 Å². The second-order valence-corrected chi connectivity index (χ2v) is 11.5. The van der Waals surface area contributed by atoms with Crippen LogP contribution in [0.25, 0.3) is 10.9 Å². The Kier molecular flexibility index (Phi) is 7.07. The predicted molar refractivity (Wildman–Crippen MR) is 146 cm³/mol. The molecule has 0 radical (unpaired) electrons. The number of carboxylic acids is 1. The summed E-state index contributed by atoms with van der Waals surface area (Å²) in [5, 5.41) is 17.0. The molecule has 1 spiro atoms. The molecule has 9 heteroatoms. The number of aromatic nitrogens is 1. The van der Waals surface area contributed by atoms with Crippen LogP contribution in [0.3, 0.4) is 0 Å². The summed E-state index contributed by atoms with van der Waals surface area (Å²) in [4.78, 5) is 43.1. The van der Waals surface area contributed by atoms with Crippen LogP contribution in [0.5, 0.6) is 0 Å². The average molecular weight is 535 g/mol. The first-order chi connectivity index (χ1) is 18.5. The van der Waals surface area contributed by atoms with E-state index in [-0.39, 0.29) is 18.6 Å². The third kappa shape index (κ3) is 4.96. The first kappa shape index (κ1) is 27.0. The van der Waals surface area contributed by atoms with Gasteiger partial charge in [0, 0.05) is 40.8 Å². The number of nitrogens with one attached hydrogen (secondary N) is 3. The summed E-state index contributed by atoms with van der Waals surface area (Å²) in [6, 6.07) is 11.2. The van der Waals surface area contributed by atoms with Crippen LogP contribution in [-0.4, -0.2) is 52.4 Å². The number of fused-ring (bicyclic) bond motifs is 3. The van der Waals surface area contributed by atoms with Gasteiger partial charge in [-0.15, -0.1) is 0 Å². The SMILES string of the molecule is CC(C)(N)C(=O)N[C@H](Cc1c[nH]c2ccccc12)C(=O)C1C(CC(=O)O)c2ccc(F)cc2C12CCNCC2. The number of carboxylic acid groups (broad SMARTS) is 1. The van der Waals surface area contributed by atoms with Crippen molar-refractivity contribution in [3.63, 3.8) is 0 Å². The molecular formula is C30H35FN4O4. The lowest BCUT2D eigenvalue weighted by atomic mass is 9.64. The quantitative estimate of drug-likeness (QED) is 0.301. The smallest absolute Gasteiger partial charge is 0.303 e. The molecule has 1 fully saturated rings. The van der Waals surface area contributed by atoms with E-state index in [1.165, 1.54) is 12.1 Å². The molecule has 1 amide bonds. The van der Waals surface area contributed by atoms with E-state index in [4.69, 9.17) is 5.73 Å². The van der Waals surface area contributed by atoms with Crippen molar-refractivity contribution in [2.45, 2.75) is 62.4 Å². The highest BCUT2D eigenvalue weighted by Crippen LogP contribution is 2.57. The van der Waals surface area contributed by atoms with Crippen LogP contribution in [0.2, 0.25) is 0 Å². The van der Waals surface area contributed by atoms with Gasteiger partial charge >= 0.3 is 5.97 Å². The number of H-pyrrole nitrogens is 1. The third-order valence-electron chi connectivity index (χ3n) is 8.48. The molecule has 2 unspecified atom stereocenters. The number of halogens is 1. The topological polar surface area (TPSA) is 137 Å². The summed E-state index contributed by atoms with van der Waals surface area (Å²) in [6.07, 6.45) is 2.90. The van der Waals surface area contributed by atoms with E-state index < -0.39 is 46.5 Å². The molecule has 5 rings (SSSR count). The number of rotatable bonds is 8. The minimum absolute atomic E-state index is 0.208. The van der Waals surface area contributed by atoms with Crippen molar-refractivity contribution in [1.29, 1.82) is 0 Å². The summed E-state index contributed by atoms with van der Waals surface area (Å²) in [6.45, 7) is 4.39. The molecule has 3 atom stereocenters. The summed E-state index contributed by atoms with van der Waals surface area (Å²) in [5.74, 6) is -3.55. The van der Waals surface area contributed by atoms with Gasteiger partial charge in [-0.3, -0.25) is 14.4 Å². The number of benzene rings is 2. The Morgan fingerprint density at radius 1 is 1.18 bits per heavy atom. The number of Topliss-reactive ketones (excluding diaryl/α,β-unsaturated/α-hetero) is 1. The number of nitrogens with two attached hydrogens (primary N) is 1. The van der Waals surface area contributed by atoms with Gasteiger partial charge in [0.05, 0.1) is 18.0 Å². The molecule has 2 aliphatic rings. The fraction of sp³-hybridized carbons (Fsp3) is 0.433. The first-order valence-electron chi connectivity index (χ1n) is 13.4. The van der Waals surface area contributed by atoms with Crippen LogP contribution in [0.15, 0.2) is 48.7 Å². The van der Waals surface area contributed by atoms with Gasteiger partial charge in [0.2, 0.25) is 5.91 Å². The zero-order valence-electron chi connectivity index (χ0n) is 22.2. The average Bonchev–Trinajstić information content (AvgIpc) is 3.40. The van der Waals surface area contributed by atoms with E-state index in [1.54, 1.807) is 19.9 Å².